The highest BCUT2D eigenvalue weighted by molar-refractivity contribution is 5.85. The number of carbonyl (C=O) groups is 1. The molecule has 0 bridgehead atoms. The SMILES string of the molecule is CC(C)CCC1CCCC1NC(=O)CCC1CCNCC1.Cl. The van der Waals surface area contributed by atoms with Crippen molar-refractivity contribution >= 4 is 18.3 Å². The molecule has 3 nitrogen and oxygen atoms in total. The van der Waals surface area contributed by atoms with Gasteiger partial charge in [-0.25, -0.2) is 0 Å². The molecule has 1 aliphatic carbocycles. The van der Waals surface area contributed by atoms with Gasteiger partial charge in [0.05, 0.1) is 0 Å². The Bertz CT molecular complexity index is 316. The van der Waals surface area contributed by atoms with Crippen molar-refractivity contribution in [2.45, 2.75) is 77.7 Å². The van der Waals surface area contributed by atoms with Crippen LogP contribution in [-0.2, 0) is 4.79 Å². The summed E-state index contributed by atoms with van der Waals surface area (Å²) in [6, 6.07) is 0.462. The molecule has 1 heterocycles. The number of halogens is 1. The average molecular weight is 331 g/mol. The van der Waals surface area contributed by atoms with E-state index in [0.29, 0.717) is 11.9 Å². The normalized spacial score (nSPS) is 26.0. The number of rotatable bonds is 7. The van der Waals surface area contributed by atoms with Gasteiger partial charge in [0.1, 0.15) is 0 Å². The summed E-state index contributed by atoms with van der Waals surface area (Å²) in [4.78, 5) is 12.2. The third-order valence-electron chi connectivity index (χ3n) is 5.36. The van der Waals surface area contributed by atoms with Gasteiger partial charge in [0.25, 0.3) is 0 Å². The molecular formula is C18H35ClN2O. The number of nitrogens with one attached hydrogen (secondary N) is 2. The van der Waals surface area contributed by atoms with Gasteiger partial charge >= 0.3 is 0 Å². The molecule has 22 heavy (non-hydrogen) atoms. The van der Waals surface area contributed by atoms with E-state index in [2.05, 4.69) is 24.5 Å². The predicted molar refractivity (Wildman–Crippen MR) is 95.4 cm³/mol. The van der Waals surface area contributed by atoms with Crippen molar-refractivity contribution < 1.29 is 4.79 Å². The summed E-state index contributed by atoms with van der Waals surface area (Å²) in [5.74, 6) is 2.57. The molecule has 130 valence electrons. The minimum Gasteiger partial charge on any atom is -0.353 e. The summed E-state index contributed by atoms with van der Waals surface area (Å²) in [5, 5.41) is 6.73. The van der Waals surface area contributed by atoms with Crippen LogP contribution in [0.4, 0.5) is 0 Å². The first-order valence-corrected chi connectivity index (χ1v) is 9.15. The fraction of sp³-hybridized carbons (Fsp3) is 0.944. The molecule has 1 aliphatic heterocycles. The van der Waals surface area contributed by atoms with Crippen LogP contribution in [0.3, 0.4) is 0 Å². The maximum Gasteiger partial charge on any atom is 0.220 e. The molecule has 0 aromatic carbocycles. The van der Waals surface area contributed by atoms with Gasteiger partial charge in [-0.05, 0) is 69.4 Å². The largest absolute Gasteiger partial charge is 0.353 e. The molecule has 1 amide bonds. The standard InChI is InChI=1S/C18H34N2O.ClH/c1-14(2)6-8-16-4-3-5-17(16)20-18(21)9-7-15-10-12-19-13-11-15;/h14-17,19H,3-13H2,1-2H3,(H,20,21);1H. The third kappa shape index (κ3) is 6.87. The van der Waals surface area contributed by atoms with Gasteiger partial charge in [0, 0.05) is 12.5 Å². The van der Waals surface area contributed by atoms with Gasteiger partial charge in [0.15, 0.2) is 0 Å². The Kier molecular flexibility index (Phi) is 9.42. The second kappa shape index (κ2) is 10.5. The van der Waals surface area contributed by atoms with Crippen molar-refractivity contribution in [3.63, 3.8) is 0 Å². The lowest BCUT2D eigenvalue weighted by Gasteiger charge is -2.24. The van der Waals surface area contributed by atoms with E-state index in [-0.39, 0.29) is 12.4 Å². The average Bonchev–Trinajstić information content (AvgIpc) is 2.91. The molecule has 0 spiro atoms. The molecule has 0 aromatic heterocycles. The van der Waals surface area contributed by atoms with Crippen molar-refractivity contribution in [3.8, 4) is 0 Å². The van der Waals surface area contributed by atoms with Gasteiger partial charge in [-0.3, -0.25) is 4.79 Å². The van der Waals surface area contributed by atoms with Gasteiger partial charge in [0.2, 0.25) is 5.91 Å². The zero-order chi connectivity index (χ0) is 15.1. The molecule has 2 aliphatic rings. The summed E-state index contributed by atoms with van der Waals surface area (Å²) in [7, 11) is 0. The number of amides is 1. The van der Waals surface area contributed by atoms with Crippen molar-refractivity contribution in [1.82, 2.24) is 10.6 Å². The number of piperidine rings is 1. The maximum atomic E-state index is 12.2. The summed E-state index contributed by atoms with van der Waals surface area (Å²) in [5.41, 5.74) is 0. The Labute approximate surface area is 142 Å². The van der Waals surface area contributed by atoms with E-state index >= 15 is 0 Å². The zero-order valence-corrected chi connectivity index (χ0v) is 15.2. The summed E-state index contributed by atoms with van der Waals surface area (Å²) in [6.07, 6.45) is 10.7. The Hall–Kier alpha value is -0.280. The molecule has 2 fully saturated rings. The van der Waals surface area contributed by atoms with Crippen LogP contribution < -0.4 is 10.6 Å². The molecule has 2 rings (SSSR count). The Balaban J connectivity index is 0.00000242. The topological polar surface area (TPSA) is 41.1 Å². The highest BCUT2D eigenvalue weighted by Gasteiger charge is 2.28. The van der Waals surface area contributed by atoms with Crippen LogP contribution in [0.15, 0.2) is 0 Å². The van der Waals surface area contributed by atoms with Crippen LogP contribution in [0.5, 0.6) is 0 Å². The van der Waals surface area contributed by atoms with Crippen LogP contribution >= 0.6 is 12.4 Å². The Morgan fingerprint density at radius 2 is 1.86 bits per heavy atom. The van der Waals surface area contributed by atoms with Crippen LogP contribution in [0.25, 0.3) is 0 Å². The smallest absolute Gasteiger partial charge is 0.220 e. The molecule has 2 atom stereocenters. The Morgan fingerprint density at radius 1 is 1.14 bits per heavy atom. The number of hydrogen-bond donors (Lipinski definition) is 2. The van der Waals surface area contributed by atoms with E-state index in [4.69, 9.17) is 0 Å². The van der Waals surface area contributed by atoms with Crippen molar-refractivity contribution in [1.29, 1.82) is 0 Å². The van der Waals surface area contributed by atoms with Crippen LogP contribution in [0.2, 0.25) is 0 Å². The van der Waals surface area contributed by atoms with Gasteiger partial charge in [-0.15, -0.1) is 12.4 Å². The van der Waals surface area contributed by atoms with Crippen molar-refractivity contribution in [3.05, 3.63) is 0 Å². The van der Waals surface area contributed by atoms with E-state index in [1.54, 1.807) is 0 Å². The first kappa shape index (κ1) is 19.8. The summed E-state index contributed by atoms with van der Waals surface area (Å²) < 4.78 is 0. The Morgan fingerprint density at radius 3 is 2.55 bits per heavy atom. The summed E-state index contributed by atoms with van der Waals surface area (Å²) in [6.45, 7) is 6.85. The van der Waals surface area contributed by atoms with E-state index in [9.17, 15) is 4.79 Å². The molecule has 1 saturated carbocycles. The lowest BCUT2D eigenvalue weighted by molar-refractivity contribution is -0.122. The fourth-order valence-electron chi connectivity index (χ4n) is 3.90. The van der Waals surface area contributed by atoms with Crippen LogP contribution in [-0.4, -0.2) is 25.0 Å². The van der Waals surface area contributed by atoms with Crippen LogP contribution in [0, 0.1) is 17.8 Å². The molecule has 1 saturated heterocycles. The van der Waals surface area contributed by atoms with E-state index in [1.165, 1.54) is 44.9 Å². The second-order valence-electron chi connectivity index (χ2n) is 7.57. The fourth-order valence-corrected chi connectivity index (χ4v) is 3.90. The first-order valence-electron chi connectivity index (χ1n) is 9.15. The van der Waals surface area contributed by atoms with E-state index in [0.717, 1.165) is 43.7 Å². The maximum absolute atomic E-state index is 12.2. The minimum atomic E-state index is 0. The van der Waals surface area contributed by atoms with Crippen molar-refractivity contribution in [2.24, 2.45) is 17.8 Å². The van der Waals surface area contributed by atoms with E-state index < -0.39 is 0 Å². The monoisotopic (exact) mass is 330 g/mol. The molecule has 0 aromatic rings. The molecule has 0 radical (unpaired) electrons. The van der Waals surface area contributed by atoms with Gasteiger partial charge in [-0.2, -0.15) is 0 Å². The van der Waals surface area contributed by atoms with Gasteiger partial charge < -0.3 is 10.6 Å². The molecule has 2 unspecified atom stereocenters. The quantitative estimate of drug-likeness (QED) is 0.743. The minimum absolute atomic E-state index is 0. The van der Waals surface area contributed by atoms with Crippen molar-refractivity contribution in [2.75, 3.05) is 13.1 Å². The second-order valence-corrected chi connectivity index (χ2v) is 7.57. The zero-order valence-electron chi connectivity index (χ0n) is 14.4. The highest BCUT2D eigenvalue weighted by Crippen LogP contribution is 2.30. The molecule has 4 heteroatoms. The lowest BCUT2D eigenvalue weighted by Crippen LogP contribution is -2.37. The summed E-state index contributed by atoms with van der Waals surface area (Å²) >= 11 is 0. The van der Waals surface area contributed by atoms with Crippen LogP contribution in [0.1, 0.15) is 71.6 Å². The lowest BCUT2D eigenvalue weighted by atomic mass is 9.92. The highest BCUT2D eigenvalue weighted by atomic mass is 35.5. The number of hydrogen-bond acceptors (Lipinski definition) is 2. The predicted octanol–water partition coefficient (Wildman–Crippen LogP) is 3.91. The third-order valence-corrected chi connectivity index (χ3v) is 5.36. The molecule has 2 N–H and O–H groups in total. The number of carbonyl (C=O) groups excluding carboxylic acids is 1. The van der Waals surface area contributed by atoms with E-state index in [1.807, 2.05) is 0 Å². The molecular weight excluding hydrogens is 296 g/mol. The first-order chi connectivity index (χ1) is 10.1. The van der Waals surface area contributed by atoms with Gasteiger partial charge in [-0.1, -0.05) is 26.7 Å².